The summed E-state index contributed by atoms with van der Waals surface area (Å²) in [6, 6.07) is 11.8. The van der Waals surface area contributed by atoms with Crippen molar-refractivity contribution in [1.82, 2.24) is 29.4 Å². The van der Waals surface area contributed by atoms with Gasteiger partial charge in [-0.25, -0.2) is 9.67 Å². The molecule has 1 aromatic carbocycles. The molecule has 0 radical (unpaired) electrons. The van der Waals surface area contributed by atoms with Crippen LogP contribution in [0.15, 0.2) is 47.3 Å². The fourth-order valence-corrected chi connectivity index (χ4v) is 2.67. The summed E-state index contributed by atoms with van der Waals surface area (Å²) in [5.74, 6) is -2.23. The monoisotopic (exact) mass is 386 g/mol. The molecular formula is C18H16F2N6O2. The second-order valence-electron chi connectivity index (χ2n) is 6.33. The topological polar surface area (TPSA) is 90.1 Å². The number of aryl methyl sites for hydroxylation is 1. The number of H-pyrrole nitrogens is 1. The molecule has 144 valence electrons. The lowest BCUT2D eigenvalue weighted by molar-refractivity contribution is 0.0122. The van der Waals surface area contributed by atoms with E-state index in [1.165, 1.54) is 22.3 Å². The van der Waals surface area contributed by atoms with Crippen LogP contribution in [-0.4, -0.2) is 29.4 Å². The molecule has 28 heavy (non-hydrogen) atoms. The van der Waals surface area contributed by atoms with Crippen molar-refractivity contribution in [3.63, 3.8) is 0 Å². The summed E-state index contributed by atoms with van der Waals surface area (Å²) in [5.41, 5.74) is 0.382. The second-order valence-corrected chi connectivity index (χ2v) is 6.33. The summed E-state index contributed by atoms with van der Waals surface area (Å²) in [6.07, 6.45) is 0. The lowest BCUT2D eigenvalue weighted by Gasteiger charge is -2.05. The molecule has 0 amide bonds. The van der Waals surface area contributed by atoms with Gasteiger partial charge in [0.2, 0.25) is 5.88 Å². The van der Waals surface area contributed by atoms with Gasteiger partial charge >= 0.3 is 0 Å². The summed E-state index contributed by atoms with van der Waals surface area (Å²) in [6.45, 7) is 0.672. The zero-order chi connectivity index (χ0) is 19.9. The van der Waals surface area contributed by atoms with Crippen LogP contribution in [0.4, 0.5) is 8.78 Å². The first-order chi connectivity index (χ1) is 13.3. The van der Waals surface area contributed by atoms with Crippen molar-refractivity contribution in [2.24, 2.45) is 7.05 Å². The smallest absolute Gasteiger partial charge is 0.288 e. The Morgan fingerprint density at radius 2 is 1.93 bits per heavy atom. The summed E-state index contributed by atoms with van der Waals surface area (Å²) in [5, 5.41) is 6.64. The highest BCUT2D eigenvalue weighted by Crippen LogP contribution is 2.28. The van der Waals surface area contributed by atoms with Gasteiger partial charge < -0.3 is 4.74 Å². The third-order valence-corrected chi connectivity index (χ3v) is 4.09. The quantitative estimate of drug-likeness (QED) is 0.569. The van der Waals surface area contributed by atoms with E-state index in [-0.39, 0.29) is 23.8 Å². The fraction of sp³-hybridized carbons (Fsp3) is 0.222. The first-order valence-corrected chi connectivity index (χ1v) is 8.40. The van der Waals surface area contributed by atoms with E-state index in [4.69, 9.17) is 4.74 Å². The van der Waals surface area contributed by atoms with Crippen molar-refractivity contribution >= 4 is 5.78 Å². The molecule has 0 unspecified atom stereocenters. The lowest BCUT2D eigenvalue weighted by Crippen LogP contribution is -2.16. The third-order valence-electron chi connectivity index (χ3n) is 4.09. The van der Waals surface area contributed by atoms with E-state index in [2.05, 4.69) is 20.2 Å². The van der Waals surface area contributed by atoms with Crippen LogP contribution in [0.3, 0.4) is 0 Å². The Balaban J connectivity index is 1.60. The molecule has 0 spiro atoms. The van der Waals surface area contributed by atoms with Gasteiger partial charge in [-0.15, -0.1) is 0 Å². The Bertz CT molecular complexity index is 1190. The number of hydrogen-bond acceptors (Lipinski definition) is 5. The van der Waals surface area contributed by atoms with Crippen LogP contribution < -0.4 is 10.3 Å². The lowest BCUT2D eigenvalue weighted by atomic mass is 10.2. The van der Waals surface area contributed by atoms with Crippen molar-refractivity contribution in [3.8, 4) is 17.3 Å². The highest BCUT2D eigenvalue weighted by atomic mass is 19.3. The maximum atomic E-state index is 13.4. The van der Waals surface area contributed by atoms with Crippen LogP contribution in [0.2, 0.25) is 0 Å². The van der Waals surface area contributed by atoms with E-state index < -0.39 is 11.6 Å². The number of fused-ring (bicyclic) bond motifs is 1. The molecular weight excluding hydrogens is 370 g/mol. The third kappa shape index (κ3) is 3.36. The van der Waals surface area contributed by atoms with Crippen molar-refractivity contribution < 1.29 is 13.5 Å². The van der Waals surface area contributed by atoms with Crippen LogP contribution in [0, 0.1) is 0 Å². The van der Waals surface area contributed by atoms with E-state index in [1.54, 1.807) is 0 Å². The first kappa shape index (κ1) is 17.8. The minimum Gasteiger partial charge on any atom is -0.471 e. The molecule has 0 saturated heterocycles. The van der Waals surface area contributed by atoms with Gasteiger partial charge in [0.1, 0.15) is 12.3 Å². The van der Waals surface area contributed by atoms with E-state index >= 15 is 0 Å². The van der Waals surface area contributed by atoms with E-state index in [0.29, 0.717) is 11.5 Å². The standard InChI is InChI=1S/C18H16F2N6O2/c1-18(19,20)13-9-15(25(2)23-13)28-10-12-8-14(27)26-17(21-12)22-16(24-26)11-6-4-3-5-7-11/h3-9H,10H2,1-2H3,(H,21,22,24). The van der Waals surface area contributed by atoms with E-state index in [1.807, 2.05) is 30.3 Å². The molecule has 3 heterocycles. The first-order valence-electron chi connectivity index (χ1n) is 8.40. The zero-order valence-corrected chi connectivity index (χ0v) is 15.1. The van der Waals surface area contributed by atoms with Crippen LogP contribution in [0.25, 0.3) is 17.2 Å². The summed E-state index contributed by atoms with van der Waals surface area (Å²) in [4.78, 5) is 21.0. The number of nitrogens with one attached hydrogen (secondary N) is 1. The Kier molecular flexibility index (Phi) is 4.17. The molecule has 10 heteroatoms. The molecule has 0 saturated carbocycles. The van der Waals surface area contributed by atoms with Gasteiger partial charge in [0.05, 0.1) is 5.69 Å². The normalized spacial score (nSPS) is 11.9. The number of halogens is 2. The minimum atomic E-state index is -3.07. The Morgan fingerprint density at radius 3 is 2.61 bits per heavy atom. The molecule has 0 bridgehead atoms. The Morgan fingerprint density at radius 1 is 1.18 bits per heavy atom. The maximum absolute atomic E-state index is 13.4. The summed E-state index contributed by atoms with van der Waals surface area (Å²) < 4.78 is 34.7. The van der Waals surface area contributed by atoms with Crippen LogP contribution >= 0.6 is 0 Å². The summed E-state index contributed by atoms with van der Waals surface area (Å²) >= 11 is 0. The largest absolute Gasteiger partial charge is 0.471 e. The highest BCUT2D eigenvalue weighted by molar-refractivity contribution is 5.56. The van der Waals surface area contributed by atoms with Crippen molar-refractivity contribution in [2.45, 2.75) is 19.5 Å². The maximum Gasteiger partial charge on any atom is 0.288 e. The van der Waals surface area contributed by atoms with Crippen LogP contribution in [-0.2, 0) is 19.6 Å². The molecule has 3 aromatic heterocycles. The number of aromatic amines is 1. The van der Waals surface area contributed by atoms with E-state index in [0.717, 1.165) is 18.6 Å². The number of aromatic nitrogens is 6. The highest BCUT2D eigenvalue weighted by Gasteiger charge is 2.29. The molecule has 0 aliphatic rings. The van der Waals surface area contributed by atoms with Gasteiger partial charge in [0, 0.05) is 31.7 Å². The number of rotatable bonds is 5. The Labute approximate surface area is 157 Å². The van der Waals surface area contributed by atoms with Gasteiger partial charge in [0.25, 0.3) is 17.3 Å². The molecule has 4 rings (SSSR count). The fourth-order valence-electron chi connectivity index (χ4n) is 2.67. The predicted octanol–water partition coefficient (Wildman–Crippen LogP) is 2.51. The van der Waals surface area contributed by atoms with Crippen molar-refractivity contribution in [2.75, 3.05) is 0 Å². The average molecular weight is 386 g/mol. The van der Waals surface area contributed by atoms with Gasteiger partial charge in [-0.3, -0.25) is 9.89 Å². The Hall–Kier alpha value is -3.56. The SMILES string of the molecule is Cn1nc(C(C)(F)F)cc1OCc1cc(=O)n2[nH]c(-c3ccccc3)nc2n1. The molecule has 1 N–H and O–H groups in total. The summed E-state index contributed by atoms with van der Waals surface area (Å²) in [7, 11) is 1.50. The van der Waals surface area contributed by atoms with Crippen LogP contribution in [0.1, 0.15) is 18.3 Å². The van der Waals surface area contributed by atoms with Crippen molar-refractivity contribution in [1.29, 1.82) is 0 Å². The van der Waals surface area contributed by atoms with Gasteiger partial charge in [0.15, 0.2) is 5.82 Å². The minimum absolute atomic E-state index is 0.0898. The average Bonchev–Trinajstić information content (AvgIpc) is 3.24. The van der Waals surface area contributed by atoms with Gasteiger partial charge in [-0.2, -0.15) is 23.4 Å². The molecule has 0 aliphatic carbocycles. The number of nitrogens with zero attached hydrogens (tertiary/aromatic N) is 5. The molecule has 0 aliphatic heterocycles. The van der Waals surface area contributed by atoms with E-state index in [9.17, 15) is 13.6 Å². The number of hydrogen-bond donors (Lipinski definition) is 1. The number of alkyl halides is 2. The number of ether oxygens (including phenoxy) is 1. The molecule has 4 aromatic rings. The number of benzene rings is 1. The van der Waals surface area contributed by atoms with Crippen LogP contribution in [0.5, 0.6) is 5.88 Å². The van der Waals surface area contributed by atoms with Gasteiger partial charge in [-0.1, -0.05) is 30.3 Å². The van der Waals surface area contributed by atoms with Crippen molar-refractivity contribution in [3.05, 3.63) is 64.2 Å². The second kappa shape index (κ2) is 6.55. The predicted molar refractivity (Wildman–Crippen MR) is 96.2 cm³/mol. The molecule has 0 atom stereocenters. The van der Waals surface area contributed by atoms with Gasteiger partial charge in [-0.05, 0) is 0 Å². The zero-order valence-electron chi connectivity index (χ0n) is 15.1. The molecule has 8 nitrogen and oxygen atoms in total. The molecule has 0 fully saturated rings.